The topological polar surface area (TPSA) is 106 Å². The third-order valence-corrected chi connectivity index (χ3v) is 7.87. The molecule has 0 aliphatic carbocycles. The van der Waals surface area contributed by atoms with E-state index in [1.165, 1.54) is 11.0 Å². The Kier molecular flexibility index (Phi) is 7.98. The van der Waals surface area contributed by atoms with Crippen LogP contribution in [0.2, 0.25) is 0 Å². The Morgan fingerprint density at radius 3 is 2.40 bits per heavy atom. The number of aryl methyl sites for hydroxylation is 2. The number of methoxy groups -OCH3 is 1. The molecule has 1 aliphatic heterocycles. The van der Waals surface area contributed by atoms with Crippen molar-refractivity contribution in [1.82, 2.24) is 4.98 Å². The molecule has 1 atom stereocenters. The fourth-order valence-electron chi connectivity index (χ4n) is 4.56. The lowest BCUT2D eigenvalue weighted by Gasteiger charge is -2.25. The summed E-state index contributed by atoms with van der Waals surface area (Å²) < 4.78 is 10.4. The number of rotatable bonds is 7. The van der Waals surface area contributed by atoms with Crippen LogP contribution in [0.3, 0.4) is 0 Å². The summed E-state index contributed by atoms with van der Waals surface area (Å²) in [5, 5.41) is 11.7. The van der Waals surface area contributed by atoms with Gasteiger partial charge in [0.15, 0.2) is 5.13 Å². The van der Waals surface area contributed by atoms with E-state index >= 15 is 0 Å². The predicted octanol–water partition coefficient (Wildman–Crippen LogP) is 6.04. The number of hydrogen-bond acceptors (Lipinski definition) is 8. The number of carbonyl (C=O) groups is 3. The van der Waals surface area contributed by atoms with E-state index < -0.39 is 23.7 Å². The van der Waals surface area contributed by atoms with Crippen molar-refractivity contribution < 1.29 is 29.0 Å². The number of aromatic nitrogens is 1. The number of ketones is 1. The lowest BCUT2D eigenvalue weighted by atomic mass is 9.85. The number of hydrogen-bond donors (Lipinski definition) is 1. The fourth-order valence-corrected chi connectivity index (χ4v) is 5.55. The van der Waals surface area contributed by atoms with Crippen LogP contribution in [0, 0.1) is 13.8 Å². The largest absolute Gasteiger partial charge is 0.507 e. The number of esters is 1. The maximum atomic E-state index is 13.6. The molecule has 0 unspecified atom stereocenters. The molecule has 4 rings (SSSR count). The Balaban J connectivity index is 1.91. The first kappa shape index (κ1) is 28.8. The molecule has 3 aromatic rings. The highest BCUT2D eigenvalue weighted by Crippen LogP contribution is 2.44. The third kappa shape index (κ3) is 5.29. The SMILES string of the molecule is C=CCOC(=O)c1sc(N2C(=O)C(=O)/C(=C(/O)c3ccc(OC)cc3C)[C@H]2c2ccc(C(C)(C)C)cc2)nc1C. The van der Waals surface area contributed by atoms with Gasteiger partial charge >= 0.3 is 11.9 Å². The molecule has 1 saturated heterocycles. The smallest absolute Gasteiger partial charge is 0.350 e. The molecule has 0 saturated carbocycles. The zero-order valence-electron chi connectivity index (χ0n) is 23.4. The first-order valence-corrected chi connectivity index (χ1v) is 13.5. The van der Waals surface area contributed by atoms with E-state index in [4.69, 9.17) is 9.47 Å². The average Bonchev–Trinajstić information content (AvgIpc) is 3.42. The number of amides is 1. The first-order valence-electron chi connectivity index (χ1n) is 12.7. The molecule has 40 heavy (non-hydrogen) atoms. The number of ether oxygens (including phenoxy) is 2. The van der Waals surface area contributed by atoms with E-state index in [0.29, 0.717) is 28.1 Å². The second-order valence-corrected chi connectivity index (χ2v) is 11.5. The Morgan fingerprint density at radius 1 is 1.15 bits per heavy atom. The normalized spacial score (nSPS) is 16.8. The molecule has 1 aromatic heterocycles. The van der Waals surface area contributed by atoms with Crippen molar-refractivity contribution in [3.63, 3.8) is 0 Å². The van der Waals surface area contributed by atoms with E-state index in [-0.39, 0.29) is 33.4 Å². The zero-order chi connectivity index (χ0) is 29.4. The number of thiazole rings is 1. The second-order valence-electron chi connectivity index (χ2n) is 10.5. The minimum absolute atomic E-state index is 0.0252. The minimum atomic E-state index is -0.974. The Hall–Kier alpha value is -4.24. The molecular formula is C31H32N2O6S. The van der Waals surface area contributed by atoms with Crippen LogP contribution in [-0.2, 0) is 19.7 Å². The summed E-state index contributed by atoms with van der Waals surface area (Å²) in [5.74, 6) is -2.00. The Morgan fingerprint density at radius 2 is 1.82 bits per heavy atom. The van der Waals surface area contributed by atoms with Crippen LogP contribution < -0.4 is 9.64 Å². The number of carbonyl (C=O) groups excluding carboxylic acids is 3. The van der Waals surface area contributed by atoms with E-state index in [2.05, 4.69) is 32.3 Å². The number of benzene rings is 2. The van der Waals surface area contributed by atoms with E-state index in [9.17, 15) is 19.5 Å². The van der Waals surface area contributed by atoms with Gasteiger partial charge < -0.3 is 14.6 Å². The van der Waals surface area contributed by atoms with Crippen molar-refractivity contribution in [2.75, 3.05) is 18.6 Å². The summed E-state index contributed by atoms with van der Waals surface area (Å²) >= 11 is 0.957. The third-order valence-electron chi connectivity index (χ3n) is 6.73. The zero-order valence-corrected chi connectivity index (χ0v) is 24.2. The summed E-state index contributed by atoms with van der Waals surface area (Å²) in [6, 6.07) is 11.7. The highest BCUT2D eigenvalue weighted by Gasteiger charge is 2.48. The molecule has 2 heterocycles. The quantitative estimate of drug-likeness (QED) is 0.124. The number of anilines is 1. The van der Waals surface area contributed by atoms with Crippen molar-refractivity contribution in [1.29, 1.82) is 0 Å². The molecule has 0 bridgehead atoms. The van der Waals surface area contributed by atoms with Gasteiger partial charge in [-0.3, -0.25) is 14.5 Å². The summed E-state index contributed by atoms with van der Waals surface area (Å²) in [5.41, 5.74) is 2.93. The molecule has 2 aromatic carbocycles. The highest BCUT2D eigenvalue weighted by atomic mass is 32.1. The molecular weight excluding hydrogens is 528 g/mol. The summed E-state index contributed by atoms with van der Waals surface area (Å²) in [6.07, 6.45) is 1.45. The molecule has 1 N–H and O–H groups in total. The van der Waals surface area contributed by atoms with Gasteiger partial charge in [-0.2, -0.15) is 0 Å². The number of aliphatic hydroxyl groups excluding tert-OH is 1. The first-order chi connectivity index (χ1) is 18.9. The molecule has 208 valence electrons. The van der Waals surface area contributed by atoms with Gasteiger partial charge in [0.05, 0.1) is 24.4 Å². The van der Waals surface area contributed by atoms with Crippen LogP contribution in [0.25, 0.3) is 5.76 Å². The van der Waals surface area contributed by atoms with Gasteiger partial charge in [0.1, 0.15) is 23.0 Å². The van der Waals surface area contributed by atoms with Crippen LogP contribution in [-0.4, -0.2) is 41.5 Å². The average molecular weight is 561 g/mol. The van der Waals surface area contributed by atoms with Crippen LogP contribution in [0.4, 0.5) is 5.13 Å². The molecule has 1 amide bonds. The van der Waals surface area contributed by atoms with E-state index in [0.717, 1.165) is 16.9 Å². The van der Waals surface area contributed by atoms with Crippen molar-refractivity contribution in [2.24, 2.45) is 0 Å². The summed E-state index contributed by atoms with van der Waals surface area (Å²) in [4.78, 5) is 45.6. The van der Waals surface area contributed by atoms with Crippen molar-refractivity contribution >= 4 is 39.9 Å². The summed E-state index contributed by atoms with van der Waals surface area (Å²) in [6.45, 7) is 13.3. The monoisotopic (exact) mass is 560 g/mol. The molecule has 1 fully saturated rings. The lowest BCUT2D eigenvalue weighted by molar-refractivity contribution is -0.132. The molecule has 1 aliphatic rings. The molecule has 9 heteroatoms. The number of Topliss-reactive ketones (excluding diaryl/α,β-unsaturated/α-hetero) is 1. The van der Waals surface area contributed by atoms with Gasteiger partial charge in [0.2, 0.25) is 0 Å². The Labute approximate surface area is 237 Å². The molecule has 0 radical (unpaired) electrons. The van der Waals surface area contributed by atoms with E-state index in [1.807, 2.05) is 24.3 Å². The number of nitrogens with zero attached hydrogens (tertiary/aromatic N) is 2. The van der Waals surface area contributed by atoms with Gasteiger partial charge in [0.25, 0.3) is 5.78 Å². The summed E-state index contributed by atoms with van der Waals surface area (Å²) in [7, 11) is 1.54. The maximum Gasteiger partial charge on any atom is 0.350 e. The van der Waals surface area contributed by atoms with Gasteiger partial charge in [-0.05, 0) is 54.2 Å². The minimum Gasteiger partial charge on any atom is -0.507 e. The standard InChI is InChI=1S/C31H32N2O6S/c1-8-15-39-29(37)27-18(3)32-30(40-27)33-24(19-9-11-20(12-10-19)31(4,5)6)23(26(35)28(33)36)25(34)22-14-13-21(38-7)16-17(22)2/h8-14,16,24,34H,1,15H2,2-7H3/b25-23+/t24-/m1/s1. The van der Waals surface area contributed by atoms with Crippen LogP contribution >= 0.6 is 11.3 Å². The van der Waals surface area contributed by atoms with Gasteiger partial charge in [-0.15, -0.1) is 0 Å². The van der Waals surface area contributed by atoms with Crippen LogP contribution in [0.1, 0.15) is 64.4 Å². The molecule has 8 nitrogen and oxygen atoms in total. The maximum absolute atomic E-state index is 13.6. The molecule has 0 spiro atoms. The van der Waals surface area contributed by atoms with Crippen molar-refractivity contribution in [2.45, 2.75) is 46.1 Å². The lowest BCUT2D eigenvalue weighted by Crippen LogP contribution is -2.29. The fraction of sp³-hybridized carbons (Fsp3) is 0.290. The van der Waals surface area contributed by atoms with Gasteiger partial charge in [0, 0.05) is 5.56 Å². The van der Waals surface area contributed by atoms with Gasteiger partial charge in [-0.25, -0.2) is 9.78 Å². The second kappa shape index (κ2) is 11.1. The van der Waals surface area contributed by atoms with Crippen LogP contribution in [0.15, 0.2) is 60.7 Å². The van der Waals surface area contributed by atoms with E-state index in [1.54, 1.807) is 39.2 Å². The predicted molar refractivity (Wildman–Crippen MR) is 155 cm³/mol. The van der Waals surface area contributed by atoms with Crippen LogP contribution in [0.5, 0.6) is 5.75 Å². The highest BCUT2D eigenvalue weighted by molar-refractivity contribution is 7.17. The van der Waals surface area contributed by atoms with Crippen molar-refractivity contribution in [3.8, 4) is 5.75 Å². The number of aliphatic hydroxyl groups is 1. The Bertz CT molecular complexity index is 1530. The van der Waals surface area contributed by atoms with Crippen molar-refractivity contribution in [3.05, 3.63) is 93.5 Å². The van der Waals surface area contributed by atoms with Gasteiger partial charge in [-0.1, -0.05) is 69.0 Å².